The lowest BCUT2D eigenvalue weighted by atomic mass is 9.71. The van der Waals surface area contributed by atoms with Crippen LogP contribution in [0.15, 0.2) is 24.3 Å². The zero-order valence-corrected chi connectivity index (χ0v) is 13.9. The molecule has 1 aromatic carbocycles. The van der Waals surface area contributed by atoms with Crippen LogP contribution in [-0.4, -0.2) is 23.8 Å². The third-order valence-electron chi connectivity index (χ3n) is 4.60. The summed E-state index contributed by atoms with van der Waals surface area (Å²) in [5.74, 6) is 0. The van der Waals surface area contributed by atoms with Crippen LogP contribution in [0.4, 0.5) is 4.79 Å². The number of benzene rings is 1. The van der Waals surface area contributed by atoms with Crippen molar-refractivity contribution in [2.45, 2.75) is 64.0 Å². The number of amides is 2. The van der Waals surface area contributed by atoms with Gasteiger partial charge in [-0.05, 0) is 49.1 Å². The molecule has 2 unspecified atom stereocenters. The third-order valence-corrected chi connectivity index (χ3v) is 4.60. The molecule has 4 nitrogen and oxygen atoms in total. The van der Waals surface area contributed by atoms with Crippen LogP contribution >= 0.6 is 0 Å². The lowest BCUT2D eigenvalue weighted by Gasteiger charge is -2.37. The van der Waals surface area contributed by atoms with Crippen molar-refractivity contribution < 1.29 is 9.90 Å². The molecule has 22 heavy (non-hydrogen) atoms. The molecule has 0 spiro atoms. The number of rotatable bonds is 5. The van der Waals surface area contributed by atoms with E-state index in [4.69, 9.17) is 5.11 Å². The molecule has 3 N–H and O–H groups in total. The summed E-state index contributed by atoms with van der Waals surface area (Å²) in [5.41, 5.74) is 2.73. The number of carbonyl (C=O) groups is 1. The van der Waals surface area contributed by atoms with Gasteiger partial charge in [0.2, 0.25) is 0 Å². The first-order valence-corrected chi connectivity index (χ1v) is 8.21. The normalized spacial score (nSPS) is 20.8. The second kappa shape index (κ2) is 7.14. The molecule has 0 heterocycles. The van der Waals surface area contributed by atoms with E-state index in [1.165, 1.54) is 11.1 Å². The van der Waals surface area contributed by atoms with E-state index in [1.54, 1.807) is 0 Å². The predicted molar refractivity (Wildman–Crippen MR) is 88.9 cm³/mol. The Labute approximate surface area is 133 Å². The van der Waals surface area contributed by atoms with E-state index in [-0.39, 0.29) is 30.1 Å². The van der Waals surface area contributed by atoms with Crippen molar-refractivity contribution in [3.05, 3.63) is 35.4 Å². The first-order valence-electron chi connectivity index (χ1n) is 8.21. The highest BCUT2D eigenvalue weighted by Gasteiger charge is 2.32. The van der Waals surface area contributed by atoms with Gasteiger partial charge in [-0.2, -0.15) is 0 Å². The van der Waals surface area contributed by atoms with Gasteiger partial charge in [-0.1, -0.05) is 38.1 Å². The number of fused-ring (bicyclic) bond motifs is 1. The Morgan fingerprint density at radius 1 is 1.41 bits per heavy atom. The largest absolute Gasteiger partial charge is 0.396 e. The molecule has 4 heteroatoms. The summed E-state index contributed by atoms with van der Waals surface area (Å²) in [7, 11) is 0. The van der Waals surface area contributed by atoms with E-state index in [0.29, 0.717) is 6.42 Å². The summed E-state index contributed by atoms with van der Waals surface area (Å²) in [5, 5.41) is 14.9. The molecule has 0 bridgehead atoms. The van der Waals surface area contributed by atoms with E-state index >= 15 is 0 Å². The molecule has 0 fully saturated rings. The maximum Gasteiger partial charge on any atom is 0.315 e. The van der Waals surface area contributed by atoms with E-state index in [9.17, 15) is 4.79 Å². The first kappa shape index (κ1) is 16.8. The summed E-state index contributed by atoms with van der Waals surface area (Å²) in [4.78, 5) is 12.2. The number of carbonyl (C=O) groups excluding carboxylic acids is 1. The van der Waals surface area contributed by atoms with Crippen molar-refractivity contribution in [1.29, 1.82) is 0 Å². The van der Waals surface area contributed by atoms with E-state index in [2.05, 4.69) is 42.7 Å². The van der Waals surface area contributed by atoms with Gasteiger partial charge in [0, 0.05) is 12.6 Å². The maximum atomic E-state index is 12.2. The Kier molecular flexibility index (Phi) is 5.46. The molecule has 2 amide bonds. The highest BCUT2D eigenvalue weighted by Crippen LogP contribution is 2.41. The van der Waals surface area contributed by atoms with Crippen LogP contribution in [0, 0.1) is 0 Å². The van der Waals surface area contributed by atoms with Crippen molar-refractivity contribution in [1.82, 2.24) is 10.6 Å². The Bertz CT molecular complexity index is 514. The van der Waals surface area contributed by atoms with Gasteiger partial charge in [0.05, 0.1) is 6.04 Å². The van der Waals surface area contributed by atoms with Gasteiger partial charge in [0.25, 0.3) is 0 Å². The van der Waals surface area contributed by atoms with Crippen LogP contribution in [0.5, 0.6) is 0 Å². The van der Waals surface area contributed by atoms with Gasteiger partial charge in [-0.15, -0.1) is 0 Å². The van der Waals surface area contributed by atoms with E-state index in [1.807, 2.05) is 13.0 Å². The van der Waals surface area contributed by atoms with Crippen LogP contribution in [0.3, 0.4) is 0 Å². The van der Waals surface area contributed by atoms with Gasteiger partial charge in [0.15, 0.2) is 0 Å². The molecular formula is C18H28N2O2. The summed E-state index contributed by atoms with van der Waals surface area (Å²) < 4.78 is 0. The molecule has 1 aromatic rings. The van der Waals surface area contributed by atoms with Crippen molar-refractivity contribution >= 4 is 6.03 Å². The second-order valence-corrected chi connectivity index (χ2v) is 6.95. The zero-order valence-electron chi connectivity index (χ0n) is 13.9. The minimum atomic E-state index is -0.120. The Morgan fingerprint density at radius 2 is 2.14 bits per heavy atom. The quantitative estimate of drug-likeness (QED) is 0.782. The van der Waals surface area contributed by atoms with E-state index < -0.39 is 0 Å². The molecule has 122 valence electrons. The molecule has 0 radical (unpaired) electrons. The number of aliphatic hydroxyl groups is 1. The zero-order chi connectivity index (χ0) is 16.2. The van der Waals surface area contributed by atoms with Gasteiger partial charge < -0.3 is 15.7 Å². The molecule has 0 aromatic heterocycles. The number of nitrogens with one attached hydrogen (secondary N) is 2. The number of aliphatic hydroxyl groups excluding tert-OH is 1. The lowest BCUT2D eigenvalue weighted by molar-refractivity contribution is 0.227. The fraction of sp³-hybridized carbons (Fsp3) is 0.611. The molecule has 2 atom stereocenters. The minimum Gasteiger partial charge on any atom is -0.396 e. The average Bonchev–Trinajstić information content (AvgIpc) is 2.48. The molecule has 2 rings (SSSR count). The smallest absolute Gasteiger partial charge is 0.315 e. The number of hydrogen-bond donors (Lipinski definition) is 3. The van der Waals surface area contributed by atoms with Crippen LogP contribution in [0.2, 0.25) is 0 Å². The van der Waals surface area contributed by atoms with Crippen LogP contribution in [0.1, 0.15) is 63.6 Å². The second-order valence-electron chi connectivity index (χ2n) is 6.95. The summed E-state index contributed by atoms with van der Waals surface area (Å²) in [6, 6.07) is 8.43. The van der Waals surface area contributed by atoms with Crippen molar-refractivity contribution in [3.63, 3.8) is 0 Å². The highest BCUT2D eigenvalue weighted by atomic mass is 16.3. The molecule has 1 aliphatic rings. The monoisotopic (exact) mass is 304 g/mol. The highest BCUT2D eigenvalue weighted by molar-refractivity contribution is 5.75. The predicted octanol–water partition coefficient (Wildman–Crippen LogP) is 3.26. The van der Waals surface area contributed by atoms with Gasteiger partial charge >= 0.3 is 6.03 Å². The molecule has 0 aliphatic heterocycles. The van der Waals surface area contributed by atoms with Gasteiger partial charge in [0.1, 0.15) is 0 Å². The Hall–Kier alpha value is -1.55. The standard InChI is InChI=1S/C18H28N2O2/c1-13(7-6-12-21)19-17(22)20-16-10-11-18(2,3)15-9-5-4-8-14(15)16/h4-5,8-9,13,16,21H,6-7,10-12H2,1-3H3,(H2,19,20,22). The first-order chi connectivity index (χ1) is 10.4. The summed E-state index contributed by atoms with van der Waals surface area (Å²) in [6.45, 7) is 6.66. The van der Waals surface area contributed by atoms with Crippen molar-refractivity contribution in [2.75, 3.05) is 6.61 Å². The van der Waals surface area contributed by atoms with Crippen LogP contribution in [-0.2, 0) is 5.41 Å². The third kappa shape index (κ3) is 4.01. The minimum absolute atomic E-state index is 0.0717. The van der Waals surface area contributed by atoms with Gasteiger partial charge in [-0.3, -0.25) is 0 Å². The summed E-state index contributed by atoms with van der Waals surface area (Å²) in [6.07, 6.45) is 3.53. The SMILES string of the molecule is CC(CCCO)NC(=O)NC1CCC(C)(C)c2ccccc21. The molecular weight excluding hydrogens is 276 g/mol. The number of urea groups is 1. The Morgan fingerprint density at radius 3 is 2.86 bits per heavy atom. The van der Waals surface area contributed by atoms with Crippen LogP contribution in [0.25, 0.3) is 0 Å². The fourth-order valence-electron chi connectivity index (χ4n) is 3.26. The molecule has 0 saturated carbocycles. The average molecular weight is 304 g/mol. The lowest BCUT2D eigenvalue weighted by Crippen LogP contribution is -2.44. The van der Waals surface area contributed by atoms with E-state index in [0.717, 1.165) is 19.3 Å². The molecule has 0 saturated heterocycles. The Balaban J connectivity index is 2.00. The van der Waals surface area contributed by atoms with Crippen molar-refractivity contribution in [2.24, 2.45) is 0 Å². The van der Waals surface area contributed by atoms with Crippen LogP contribution < -0.4 is 10.6 Å². The van der Waals surface area contributed by atoms with Gasteiger partial charge in [-0.25, -0.2) is 4.79 Å². The maximum absolute atomic E-state index is 12.2. The molecule has 1 aliphatic carbocycles. The number of hydrogen-bond acceptors (Lipinski definition) is 2. The topological polar surface area (TPSA) is 61.4 Å². The fourth-order valence-corrected chi connectivity index (χ4v) is 3.26. The summed E-state index contributed by atoms with van der Waals surface area (Å²) >= 11 is 0. The van der Waals surface area contributed by atoms with Crippen molar-refractivity contribution in [3.8, 4) is 0 Å².